The van der Waals surface area contributed by atoms with Crippen LogP contribution in [-0.4, -0.2) is 11.5 Å². The number of rotatable bonds is 6. The zero-order valence-electron chi connectivity index (χ0n) is 11.7. The Morgan fingerprint density at radius 2 is 2.10 bits per heavy atom. The first-order chi connectivity index (χ1) is 9.52. The van der Waals surface area contributed by atoms with E-state index in [9.17, 15) is 0 Å². The maximum atomic E-state index is 4.81. The van der Waals surface area contributed by atoms with Crippen molar-refractivity contribution in [2.75, 3.05) is 6.54 Å². The van der Waals surface area contributed by atoms with Crippen LogP contribution in [0.5, 0.6) is 0 Å². The van der Waals surface area contributed by atoms with Gasteiger partial charge in [-0.15, -0.1) is 22.7 Å². The van der Waals surface area contributed by atoms with Gasteiger partial charge in [0.2, 0.25) is 0 Å². The van der Waals surface area contributed by atoms with Crippen molar-refractivity contribution in [2.45, 2.75) is 39.2 Å². The Morgan fingerprint density at radius 3 is 2.60 bits per heavy atom. The fourth-order valence-corrected chi connectivity index (χ4v) is 5.12. The first-order valence-corrected chi connectivity index (χ1v) is 9.94. The Hall–Kier alpha value is 0.250. The third-order valence-corrected chi connectivity index (χ3v) is 7.17. The summed E-state index contributed by atoms with van der Waals surface area (Å²) in [6.45, 7) is 7.55. The first-order valence-electron chi connectivity index (χ1n) is 6.66. The van der Waals surface area contributed by atoms with E-state index in [1.807, 2.05) is 0 Å². The van der Waals surface area contributed by atoms with Gasteiger partial charge in [0, 0.05) is 14.7 Å². The molecule has 0 fully saturated rings. The number of thiophene rings is 1. The minimum Gasteiger partial charge on any atom is -0.304 e. The number of thiazole rings is 1. The second kappa shape index (κ2) is 7.49. The average molecular weight is 438 g/mol. The molecule has 1 unspecified atom stereocenters. The fourth-order valence-electron chi connectivity index (χ4n) is 1.80. The summed E-state index contributed by atoms with van der Waals surface area (Å²) in [7, 11) is 0. The summed E-state index contributed by atoms with van der Waals surface area (Å²) < 4.78 is 2.25. The highest BCUT2D eigenvalue weighted by molar-refractivity contribution is 9.13. The van der Waals surface area contributed by atoms with Crippen molar-refractivity contribution in [2.24, 2.45) is 0 Å². The molecule has 0 bridgehead atoms. The molecule has 2 heterocycles. The van der Waals surface area contributed by atoms with Crippen LogP contribution in [-0.2, 0) is 0 Å². The highest BCUT2D eigenvalue weighted by Crippen LogP contribution is 2.38. The smallest absolute Gasteiger partial charge is 0.115 e. The van der Waals surface area contributed by atoms with Gasteiger partial charge in [-0.1, -0.05) is 20.8 Å². The van der Waals surface area contributed by atoms with E-state index >= 15 is 0 Å². The number of nitrogens with zero attached hydrogens (tertiary/aromatic N) is 1. The number of hydrogen-bond donors (Lipinski definition) is 1. The molecule has 0 aliphatic carbocycles. The molecule has 2 rings (SSSR count). The molecule has 0 amide bonds. The van der Waals surface area contributed by atoms with Gasteiger partial charge in [-0.25, -0.2) is 4.98 Å². The number of aromatic nitrogens is 1. The van der Waals surface area contributed by atoms with Crippen molar-refractivity contribution in [3.05, 3.63) is 35.3 Å². The summed E-state index contributed by atoms with van der Waals surface area (Å²) in [6.07, 6.45) is 1.12. The average Bonchev–Trinajstić information content (AvgIpc) is 2.99. The molecule has 20 heavy (non-hydrogen) atoms. The number of nitrogens with one attached hydrogen (secondary N) is 1. The largest absolute Gasteiger partial charge is 0.304 e. The zero-order chi connectivity index (χ0) is 14.7. The molecule has 2 aromatic rings. The quantitative estimate of drug-likeness (QED) is 0.604. The summed E-state index contributed by atoms with van der Waals surface area (Å²) in [6, 6.07) is 2.37. The van der Waals surface area contributed by atoms with Gasteiger partial charge in [0.15, 0.2) is 0 Å². The van der Waals surface area contributed by atoms with E-state index in [1.54, 1.807) is 22.7 Å². The lowest BCUT2D eigenvalue weighted by Gasteiger charge is -2.14. The number of halogens is 2. The van der Waals surface area contributed by atoms with E-state index in [-0.39, 0.29) is 6.04 Å². The standard InChI is InChI=1S/C14H18Br2N2S2/c1-4-5-17-12(11-6-9(15)13(16)20-11)14-18-10(7-19-14)8(2)3/h6-8,12,17H,4-5H2,1-3H3. The van der Waals surface area contributed by atoms with Gasteiger partial charge in [0.05, 0.1) is 15.5 Å². The first kappa shape index (κ1) is 16.6. The van der Waals surface area contributed by atoms with Gasteiger partial charge >= 0.3 is 0 Å². The highest BCUT2D eigenvalue weighted by Gasteiger charge is 2.21. The fraction of sp³-hybridized carbons (Fsp3) is 0.500. The highest BCUT2D eigenvalue weighted by atomic mass is 79.9. The lowest BCUT2D eigenvalue weighted by atomic mass is 10.1. The Labute approximate surface area is 145 Å². The topological polar surface area (TPSA) is 24.9 Å². The molecule has 0 aliphatic rings. The van der Waals surface area contributed by atoms with Crippen molar-refractivity contribution < 1.29 is 0 Å². The molecule has 0 aromatic carbocycles. The Morgan fingerprint density at radius 1 is 1.35 bits per heavy atom. The third kappa shape index (κ3) is 3.91. The van der Waals surface area contributed by atoms with Gasteiger partial charge in [0.25, 0.3) is 0 Å². The zero-order valence-corrected chi connectivity index (χ0v) is 16.5. The Bertz CT molecular complexity index is 544. The molecule has 0 saturated heterocycles. The summed E-state index contributed by atoms with van der Waals surface area (Å²) in [4.78, 5) is 6.10. The lowest BCUT2D eigenvalue weighted by molar-refractivity contribution is 0.600. The minimum atomic E-state index is 0.194. The summed E-state index contributed by atoms with van der Waals surface area (Å²) in [5, 5.41) is 6.95. The van der Waals surface area contributed by atoms with Crippen LogP contribution in [0.3, 0.4) is 0 Å². The molecule has 0 spiro atoms. The van der Waals surface area contributed by atoms with Crippen molar-refractivity contribution in [3.63, 3.8) is 0 Å². The molecule has 1 atom stereocenters. The second-order valence-corrected chi connectivity index (χ2v) is 9.07. The SMILES string of the molecule is CCCNC(c1cc(Br)c(Br)s1)c1nc(C(C)C)cs1. The molecule has 0 saturated carbocycles. The summed E-state index contributed by atoms with van der Waals surface area (Å²) >= 11 is 10.7. The van der Waals surface area contributed by atoms with E-state index in [1.165, 1.54) is 10.6 Å². The lowest BCUT2D eigenvalue weighted by Crippen LogP contribution is -2.22. The molecule has 2 aromatic heterocycles. The summed E-state index contributed by atoms with van der Waals surface area (Å²) in [5.41, 5.74) is 1.18. The minimum absolute atomic E-state index is 0.194. The van der Waals surface area contributed by atoms with Crippen LogP contribution in [0, 0.1) is 0 Å². The second-order valence-electron chi connectivity index (χ2n) is 4.92. The maximum Gasteiger partial charge on any atom is 0.115 e. The van der Waals surface area contributed by atoms with E-state index in [0.29, 0.717) is 5.92 Å². The van der Waals surface area contributed by atoms with Crippen LogP contribution in [0.15, 0.2) is 19.7 Å². The van der Waals surface area contributed by atoms with E-state index < -0.39 is 0 Å². The van der Waals surface area contributed by atoms with Gasteiger partial charge in [-0.3, -0.25) is 0 Å². The molecule has 0 aliphatic heterocycles. The summed E-state index contributed by atoms with van der Waals surface area (Å²) in [5.74, 6) is 0.480. The molecular weight excluding hydrogens is 420 g/mol. The van der Waals surface area contributed by atoms with Crippen LogP contribution in [0.2, 0.25) is 0 Å². The van der Waals surface area contributed by atoms with Crippen LogP contribution < -0.4 is 5.32 Å². The molecule has 0 radical (unpaired) electrons. The van der Waals surface area contributed by atoms with E-state index in [4.69, 9.17) is 4.98 Å². The molecule has 2 nitrogen and oxygen atoms in total. The van der Waals surface area contributed by atoms with Crippen molar-refractivity contribution in [1.82, 2.24) is 10.3 Å². The monoisotopic (exact) mass is 436 g/mol. The predicted octanol–water partition coefficient (Wildman–Crippen LogP) is 5.94. The van der Waals surface area contributed by atoms with Crippen LogP contribution in [0.1, 0.15) is 54.7 Å². The molecule has 6 heteroatoms. The van der Waals surface area contributed by atoms with E-state index in [2.05, 4.69) is 69.4 Å². The van der Waals surface area contributed by atoms with Crippen LogP contribution in [0.25, 0.3) is 0 Å². The van der Waals surface area contributed by atoms with Gasteiger partial charge in [-0.2, -0.15) is 0 Å². The van der Waals surface area contributed by atoms with Crippen molar-refractivity contribution in [1.29, 1.82) is 0 Å². The third-order valence-electron chi connectivity index (χ3n) is 2.93. The normalized spacial score (nSPS) is 13.1. The molecule has 110 valence electrons. The Balaban J connectivity index is 2.30. The van der Waals surface area contributed by atoms with Crippen molar-refractivity contribution >= 4 is 54.5 Å². The van der Waals surface area contributed by atoms with Crippen LogP contribution in [0.4, 0.5) is 0 Å². The molecule has 1 N–H and O–H groups in total. The van der Waals surface area contributed by atoms with Crippen molar-refractivity contribution in [3.8, 4) is 0 Å². The van der Waals surface area contributed by atoms with Gasteiger partial charge < -0.3 is 5.32 Å². The van der Waals surface area contributed by atoms with Gasteiger partial charge in [0.1, 0.15) is 5.01 Å². The Kier molecular flexibility index (Phi) is 6.23. The van der Waals surface area contributed by atoms with Gasteiger partial charge in [-0.05, 0) is 56.8 Å². The van der Waals surface area contributed by atoms with E-state index in [0.717, 1.165) is 26.2 Å². The predicted molar refractivity (Wildman–Crippen MR) is 96.1 cm³/mol. The van der Waals surface area contributed by atoms with Crippen LogP contribution >= 0.6 is 54.5 Å². The molecular formula is C14H18Br2N2S2. The maximum absolute atomic E-state index is 4.81. The number of hydrogen-bond acceptors (Lipinski definition) is 4.